The van der Waals surface area contributed by atoms with Gasteiger partial charge in [-0.05, 0) is 37.1 Å². The Kier molecular flexibility index (Phi) is 4.13. The number of fused-ring (bicyclic) bond motifs is 2. The molecule has 0 spiro atoms. The van der Waals surface area contributed by atoms with Crippen LogP contribution in [-0.4, -0.2) is 49.2 Å². The third-order valence-electron chi connectivity index (χ3n) is 5.32. The van der Waals surface area contributed by atoms with Gasteiger partial charge in [-0.15, -0.1) is 10.2 Å². The first-order chi connectivity index (χ1) is 13.6. The van der Waals surface area contributed by atoms with Crippen LogP contribution < -0.4 is 0 Å². The fraction of sp³-hybridized carbons (Fsp3) is 0.316. The number of sulfonamides is 1. The molecule has 0 unspecified atom stereocenters. The fourth-order valence-electron chi connectivity index (χ4n) is 3.94. The molecule has 3 aromatic heterocycles. The summed E-state index contributed by atoms with van der Waals surface area (Å²) in [5.74, 6) is 0.713. The van der Waals surface area contributed by atoms with E-state index in [0.29, 0.717) is 18.9 Å². The van der Waals surface area contributed by atoms with Crippen LogP contribution in [0, 0.1) is 0 Å². The SMILES string of the molecule is O=S(=O)(CCn1cnc2ccccc21)N1CCC[C@@H]1c1nnc2ccccn12. The summed E-state index contributed by atoms with van der Waals surface area (Å²) in [5, 5.41) is 8.46. The zero-order valence-corrected chi connectivity index (χ0v) is 16.0. The summed E-state index contributed by atoms with van der Waals surface area (Å²) in [7, 11) is -3.44. The topological polar surface area (TPSA) is 85.4 Å². The fourth-order valence-corrected chi connectivity index (χ4v) is 5.59. The number of nitrogens with zero attached hydrogens (tertiary/aromatic N) is 6. The first-order valence-electron chi connectivity index (χ1n) is 9.32. The molecule has 1 saturated heterocycles. The third kappa shape index (κ3) is 2.87. The number of rotatable bonds is 5. The molecule has 4 aromatic rings. The monoisotopic (exact) mass is 396 g/mol. The molecular weight excluding hydrogens is 376 g/mol. The van der Waals surface area contributed by atoms with Gasteiger partial charge in [0.15, 0.2) is 11.5 Å². The molecule has 1 atom stereocenters. The van der Waals surface area contributed by atoms with Crippen LogP contribution >= 0.6 is 0 Å². The number of pyridine rings is 1. The van der Waals surface area contributed by atoms with Gasteiger partial charge in [-0.25, -0.2) is 13.4 Å². The third-order valence-corrected chi connectivity index (χ3v) is 7.17. The van der Waals surface area contributed by atoms with Gasteiger partial charge in [-0.2, -0.15) is 4.31 Å². The van der Waals surface area contributed by atoms with Crippen molar-refractivity contribution in [2.45, 2.75) is 25.4 Å². The van der Waals surface area contributed by atoms with Crippen LogP contribution in [0.15, 0.2) is 55.0 Å². The number of benzene rings is 1. The van der Waals surface area contributed by atoms with Gasteiger partial charge in [0.25, 0.3) is 0 Å². The minimum atomic E-state index is -3.44. The average Bonchev–Trinajstić information content (AvgIpc) is 3.43. The second kappa shape index (κ2) is 6.68. The highest BCUT2D eigenvalue weighted by Crippen LogP contribution is 2.33. The van der Waals surface area contributed by atoms with Crippen LogP contribution in [0.5, 0.6) is 0 Å². The Bertz CT molecular complexity index is 1250. The van der Waals surface area contributed by atoms with E-state index >= 15 is 0 Å². The maximum atomic E-state index is 13.1. The first kappa shape index (κ1) is 17.3. The minimum Gasteiger partial charge on any atom is -0.330 e. The summed E-state index contributed by atoms with van der Waals surface area (Å²) in [5.41, 5.74) is 2.54. The Morgan fingerprint density at radius 1 is 1.07 bits per heavy atom. The Hall–Kier alpha value is -2.78. The number of imidazole rings is 1. The lowest BCUT2D eigenvalue weighted by atomic mass is 10.2. The molecule has 144 valence electrons. The van der Waals surface area contributed by atoms with Crippen LogP contribution in [0.25, 0.3) is 16.7 Å². The van der Waals surface area contributed by atoms with E-state index in [1.165, 1.54) is 0 Å². The highest BCUT2D eigenvalue weighted by molar-refractivity contribution is 7.89. The summed E-state index contributed by atoms with van der Waals surface area (Å²) in [4.78, 5) is 4.34. The van der Waals surface area contributed by atoms with E-state index in [2.05, 4.69) is 15.2 Å². The summed E-state index contributed by atoms with van der Waals surface area (Å²) >= 11 is 0. The molecule has 0 N–H and O–H groups in total. The van der Waals surface area contributed by atoms with Crippen LogP contribution in [0.1, 0.15) is 24.7 Å². The predicted molar refractivity (Wildman–Crippen MR) is 105 cm³/mol. The van der Waals surface area contributed by atoms with E-state index < -0.39 is 10.0 Å². The van der Waals surface area contributed by atoms with E-state index in [4.69, 9.17) is 0 Å². The minimum absolute atomic E-state index is 0.0284. The van der Waals surface area contributed by atoms with Crippen molar-refractivity contribution in [2.24, 2.45) is 0 Å². The molecule has 0 saturated carbocycles. The van der Waals surface area contributed by atoms with Crippen LogP contribution in [0.2, 0.25) is 0 Å². The van der Waals surface area contributed by atoms with Crippen molar-refractivity contribution in [2.75, 3.05) is 12.3 Å². The van der Waals surface area contributed by atoms with Crippen molar-refractivity contribution in [3.05, 3.63) is 60.8 Å². The van der Waals surface area contributed by atoms with Crippen molar-refractivity contribution in [1.29, 1.82) is 0 Å². The smallest absolute Gasteiger partial charge is 0.216 e. The van der Waals surface area contributed by atoms with Crippen molar-refractivity contribution in [3.63, 3.8) is 0 Å². The van der Waals surface area contributed by atoms with E-state index in [1.807, 2.05) is 57.6 Å². The van der Waals surface area contributed by atoms with Gasteiger partial charge in [0.05, 0.1) is 29.2 Å². The number of para-hydroxylation sites is 2. The summed E-state index contributed by atoms with van der Waals surface area (Å²) in [6.45, 7) is 0.881. The molecule has 0 radical (unpaired) electrons. The van der Waals surface area contributed by atoms with Crippen molar-refractivity contribution in [1.82, 2.24) is 28.5 Å². The molecule has 9 heteroatoms. The number of aromatic nitrogens is 5. The quantitative estimate of drug-likeness (QED) is 0.516. The van der Waals surface area contributed by atoms with Crippen LogP contribution in [0.3, 0.4) is 0 Å². The van der Waals surface area contributed by atoms with E-state index in [0.717, 1.165) is 29.5 Å². The molecule has 0 amide bonds. The largest absolute Gasteiger partial charge is 0.330 e. The van der Waals surface area contributed by atoms with Gasteiger partial charge in [-0.3, -0.25) is 4.40 Å². The van der Waals surface area contributed by atoms with Crippen LogP contribution in [-0.2, 0) is 16.6 Å². The summed E-state index contributed by atoms with van der Waals surface area (Å²) in [6, 6.07) is 13.1. The number of hydrogen-bond acceptors (Lipinski definition) is 5. The maximum absolute atomic E-state index is 13.1. The molecule has 0 aliphatic carbocycles. The summed E-state index contributed by atoms with van der Waals surface area (Å²) in [6.07, 6.45) is 5.15. The molecule has 1 fully saturated rings. The maximum Gasteiger partial charge on any atom is 0.216 e. The van der Waals surface area contributed by atoms with Gasteiger partial charge in [0.1, 0.15) is 0 Å². The van der Waals surface area contributed by atoms with Gasteiger partial charge in [0, 0.05) is 19.3 Å². The molecule has 0 bridgehead atoms. The molecule has 1 aliphatic heterocycles. The van der Waals surface area contributed by atoms with Crippen molar-refractivity contribution in [3.8, 4) is 0 Å². The van der Waals surface area contributed by atoms with Crippen LogP contribution in [0.4, 0.5) is 0 Å². The second-order valence-electron chi connectivity index (χ2n) is 7.00. The van der Waals surface area contributed by atoms with E-state index in [9.17, 15) is 8.42 Å². The zero-order valence-electron chi connectivity index (χ0n) is 15.2. The molecule has 5 rings (SSSR count). The first-order valence-corrected chi connectivity index (χ1v) is 10.9. The lowest BCUT2D eigenvalue weighted by molar-refractivity contribution is 0.380. The molecule has 4 heterocycles. The summed E-state index contributed by atoms with van der Waals surface area (Å²) < 4.78 is 31.6. The standard InChI is InChI=1S/C19H20N6O2S/c26-28(27,13-12-23-14-20-15-6-1-2-7-16(15)23)25-11-5-8-17(25)19-22-21-18-9-3-4-10-24(18)19/h1-4,6-7,9-10,14,17H,5,8,11-13H2/t17-/m1/s1. The van der Waals surface area contributed by atoms with Gasteiger partial charge in [0.2, 0.25) is 10.0 Å². The molecule has 1 aliphatic rings. The lowest BCUT2D eigenvalue weighted by Crippen LogP contribution is -2.34. The zero-order chi connectivity index (χ0) is 19.1. The van der Waals surface area contributed by atoms with E-state index in [-0.39, 0.29) is 11.8 Å². The predicted octanol–water partition coefficient (Wildman–Crippen LogP) is 2.25. The van der Waals surface area contributed by atoms with E-state index in [1.54, 1.807) is 10.6 Å². The van der Waals surface area contributed by atoms with Gasteiger partial charge >= 0.3 is 0 Å². The van der Waals surface area contributed by atoms with Gasteiger partial charge < -0.3 is 4.57 Å². The highest BCUT2D eigenvalue weighted by atomic mass is 32.2. The normalized spacial score (nSPS) is 18.4. The Morgan fingerprint density at radius 2 is 1.93 bits per heavy atom. The number of hydrogen-bond donors (Lipinski definition) is 0. The van der Waals surface area contributed by atoms with Crippen molar-refractivity contribution < 1.29 is 8.42 Å². The molecule has 8 nitrogen and oxygen atoms in total. The molecule has 1 aromatic carbocycles. The van der Waals surface area contributed by atoms with Crippen molar-refractivity contribution >= 4 is 26.7 Å². The second-order valence-corrected chi connectivity index (χ2v) is 9.04. The lowest BCUT2D eigenvalue weighted by Gasteiger charge is -2.23. The molecule has 28 heavy (non-hydrogen) atoms. The Morgan fingerprint density at radius 3 is 2.86 bits per heavy atom. The Labute approximate surface area is 162 Å². The average molecular weight is 396 g/mol. The molecular formula is C19H20N6O2S. The number of aryl methyl sites for hydroxylation is 1. The Balaban J connectivity index is 1.40. The highest BCUT2D eigenvalue weighted by Gasteiger charge is 2.37. The van der Waals surface area contributed by atoms with Gasteiger partial charge in [-0.1, -0.05) is 18.2 Å².